The van der Waals surface area contributed by atoms with Crippen LogP contribution >= 0.6 is 0 Å². The number of hydrogen-bond acceptors (Lipinski definition) is 6. The van der Waals surface area contributed by atoms with Gasteiger partial charge in [0.1, 0.15) is 0 Å². The number of aromatic nitrogens is 8. The fourth-order valence-electron chi connectivity index (χ4n) is 9.12. The van der Waals surface area contributed by atoms with E-state index in [9.17, 15) is 19.2 Å². The van der Waals surface area contributed by atoms with E-state index in [4.69, 9.17) is 9.97 Å². The van der Waals surface area contributed by atoms with Crippen molar-refractivity contribution < 1.29 is 19.2 Å². The van der Waals surface area contributed by atoms with Crippen LogP contribution in [0.1, 0.15) is 144 Å². The summed E-state index contributed by atoms with van der Waals surface area (Å²) in [6.45, 7) is 16.3. The van der Waals surface area contributed by atoms with Gasteiger partial charge in [-0.05, 0) is 128 Å². The first-order valence-corrected chi connectivity index (χ1v) is 21.7. The zero-order chi connectivity index (χ0) is 45.1. The molecule has 7 aromatic heterocycles. The van der Waals surface area contributed by atoms with Crippen LogP contribution in [0.25, 0.3) is 90.9 Å². The highest BCUT2D eigenvalue weighted by molar-refractivity contribution is 6.01. The summed E-state index contributed by atoms with van der Waals surface area (Å²) in [5, 5.41) is 0. The van der Waals surface area contributed by atoms with Gasteiger partial charge in [0.25, 0.3) is 0 Å². The number of H-pyrrole nitrogens is 2. The van der Waals surface area contributed by atoms with E-state index in [1.54, 1.807) is 0 Å². The number of hydrogen-bond donors (Lipinski definition) is 2. The van der Waals surface area contributed by atoms with Crippen molar-refractivity contribution in [3.8, 4) is 44.5 Å². The second kappa shape index (κ2) is 16.3. The summed E-state index contributed by atoms with van der Waals surface area (Å²) >= 11 is 0. The molecule has 12 nitrogen and oxygen atoms in total. The van der Waals surface area contributed by atoms with Crippen LogP contribution in [0.3, 0.4) is 0 Å². The topological polar surface area (TPSA) is 145 Å². The number of aldehydes is 4. The van der Waals surface area contributed by atoms with Gasteiger partial charge >= 0.3 is 0 Å². The van der Waals surface area contributed by atoms with E-state index in [1.165, 1.54) is 0 Å². The number of rotatable bonds is 12. The van der Waals surface area contributed by atoms with E-state index in [2.05, 4.69) is 9.97 Å². The van der Waals surface area contributed by atoms with Crippen LogP contribution < -0.4 is 0 Å². The molecule has 2 N–H and O–H groups in total. The van der Waals surface area contributed by atoms with Crippen molar-refractivity contribution >= 4 is 71.5 Å². The Morgan fingerprint density at radius 2 is 0.609 bits per heavy atom. The van der Waals surface area contributed by atoms with E-state index in [-0.39, 0.29) is 24.2 Å². The smallest absolute Gasteiger partial charge is 0.166 e. The van der Waals surface area contributed by atoms with Crippen LogP contribution in [0.2, 0.25) is 0 Å². The zero-order valence-electron chi connectivity index (χ0n) is 37.2. The fraction of sp³-hybridized carbons (Fsp3) is 0.231. The maximum atomic E-state index is 12.5. The van der Waals surface area contributed by atoms with Crippen molar-refractivity contribution in [2.45, 2.75) is 79.6 Å². The Balaban J connectivity index is 1.48. The SMILES string of the molecule is CC(C)n1cc(-c2c3nc(c(-c4cc(C=O)n(C(C)C)c4)c4ccc([nH]4)c(-c4cc(C=O)n(C(C)C)c4)c4nc(c(-c5cc(C=O)n(C(C)C)c5)c5ccc2[nH]5)C=C4)C=C3)cc1C=O. The lowest BCUT2D eigenvalue weighted by atomic mass is 10.1. The standard InChI is InChI=1S/C52H50N8O4/c1-29(2)57-21-33(17-37(57)25-61)49-41-9-11-43(53-41)50(34-18-38(26-62)58(22-34)30(3)4)45-13-15-47(55-45)52(36-20-40(28-64)60(24-36)32(7)8)48-16-14-46(56-48)51(44-12-10-42(49)54-44)35-19-39(27-63)59(23-35)31(5)6/h9-32,53,56H,1-8H3. The van der Waals surface area contributed by atoms with Crippen molar-refractivity contribution in [2.75, 3.05) is 0 Å². The Morgan fingerprint density at radius 3 is 0.781 bits per heavy atom. The molecule has 0 radical (unpaired) electrons. The zero-order valence-corrected chi connectivity index (χ0v) is 37.2. The normalized spacial score (nSPS) is 12.4. The number of nitrogens with one attached hydrogen (secondary N) is 2. The molecule has 0 spiro atoms. The largest absolute Gasteiger partial charge is 0.354 e. The summed E-state index contributed by atoms with van der Waals surface area (Å²) in [7, 11) is 0. The summed E-state index contributed by atoms with van der Waals surface area (Å²) in [6, 6.07) is 15.7. The van der Waals surface area contributed by atoms with Crippen LogP contribution in [-0.4, -0.2) is 63.3 Å². The van der Waals surface area contributed by atoms with Crippen LogP contribution in [0.4, 0.5) is 0 Å². The molecule has 0 atom stereocenters. The number of fused-ring (bicyclic) bond motifs is 8. The monoisotopic (exact) mass is 850 g/mol. The third-order valence-corrected chi connectivity index (χ3v) is 12.1. The molecule has 0 aliphatic carbocycles. The van der Waals surface area contributed by atoms with E-state index < -0.39 is 0 Å². The first-order valence-electron chi connectivity index (χ1n) is 21.7. The number of carbonyl (C=O) groups is 4. The molecule has 2 aliphatic heterocycles. The number of carbonyl (C=O) groups excluding carboxylic acids is 4. The van der Waals surface area contributed by atoms with E-state index in [1.807, 2.05) is 171 Å². The predicted octanol–water partition coefficient (Wildman–Crippen LogP) is 12.1. The summed E-state index contributed by atoms with van der Waals surface area (Å²) in [5.41, 5.74) is 14.2. The third-order valence-electron chi connectivity index (χ3n) is 12.1. The molecule has 0 unspecified atom stereocenters. The molecule has 0 aromatic carbocycles. The molecule has 64 heavy (non-hydrogen) atoms. The molecule has 0 amide bonds. The van der Waals surface area contributed by atoms with E-state index in [0.717, 1.165) is 91.7 Å². The van der Waals surface area contributed by atoms with Gasteiger partial charge < -0.3 is 28.2 Å². The fourth-order valence-corrected chi connectivity index (χ4v) is 9.12. The summed E-state index contributed by atoms with van der Waals surface area (Å²) in [6.07, 6.45) is 19.4. The van der Waals surface area contributed by atoms with Gasteiger partial charge in [-0.25, -0.2) is 9.97 Å². The molecule has 0 saturated carbocycles. The predicted molar refractivity (Wildman–Crippen MR) is 256 cm³/mol. The molecule has 322 valence electrons. The second-order valence-corrected chi connectivity index (χ2v) is 17.6. The van der Waals surface area contributed by atoms with Gasteiger partial charge in [0, 0.05) is 116 Å². The molecule has 2 aliphatic rings. The highest BCUT2D eigenvalue weighted by Gasteiger charge is 2.23. The van der Waals surface area contributed by atoms with E-state index >= 15 is 0 Å². The lowest BCUT2D eigenvalue weighted by Gasteiger charge is -2.09. The molecule has 0 saturated heterocycles. The van der Waals surface area contributed by atoms with Gasteiger partial charge in [-0.15, -0.1) is 0 Å². The molecule has 9 heterocycles. The highest BCUT2D eigenvalue weighted by Crippen LogP contribution is 2.40. The Morgan fingerprint density at radius 1 is 0.391 bits per heavy atom. The lowest BCUT2D eigenvalue weighted by molar-refractivity contribution is 0.110. The minimum absolute atomic E-state index is 0.0207. The number of nitrogens with zero attached hydrogens (tertiary/aromatic N) is 6. The van der Waals surface area contributed by atoms with Gasteiger partial charge in [0.15, 0.2) is 25.1 Å². The average molecular weight is 851 g/mol. The quantitative estimate of drug-likeness (QED) is 0.117. The number of aromatic amines is 2. The average Bonchev–Trinajstić information content (AvgIpc) is 4.12. The van der Waals surface area contributed by atoms with Crippen LogP contribution in [-0.2, 0) is 0 Å². The van der Waals surface area contributed by atoms with Crippen molar-refractivity contribution in [3.63, 3.8) is 0 Å². The van der Waals surface area contributed by atoms with Crippen LogP contribution in [0, 0.1) is 0 Å². The first-order chi connectivity index (χ1) is 30.8. The Hall–Kier alpha value is -7.60. The van der Waals surface area contributed by atoms with Gasteiger partial charge in [-0.2, -0.15) is 0 Å². The molecule has 9 rings (SSSR count). The van der Waals surface area contributed by atoms with Gasteiger partial charge in [-0.1, -0.05) is 0 Å². The molecule has 8 bridgehead atoms. The second-order valence-electron chi connectivity index (χ2n) is 17.6. The Bertz CT molecular complexity index is 2850. The van der Waals surface area contributed by atoms with Gasteiger partial charge in [-0.3, -0.25) is 19.2 Å². The first kappa shape index (κ1) is 41.7. The summed E-state index contributed by atoms with van der Waals surface area (Å²) < 4.78 is 7.83. The Labute approximate surface area is 370 Å². The van der Waals surface area contributed by atoms with Crippen molar-refractivity contribution in [1.82, 2.24) is 38.2 Å². The van der Waals surface area contributed by atoms with Crippen LogP contribution in [0.15, 0.2) is 73.3 Å². The molecule has 12 heteroatoms. The third kappa shape index (κ3) is 7.04. The molecule has 0 fully saturated rings. The minimum Gasteiger partial charge on any atom is -0.354 e. The minimum atomic E-state index is 0.0207. The summed E-state index contributed by atoms with van der Waals surface area (Å²) in [4.78, 5) is 68.1. The van der Waals surface area contributed by atoms with Crippen molar-refractivity contribution in [3.05, 3.63) is 119 Å². The van der Waals surface area contributed by atoms with Gasteiger partial charge in [0.2, 0.25) is 0 Å². The molecular weight excluding hydrogens is 801 g/mol. The van der Waals surface area contributed by atoms with Gasteiger partial charge in [0.05, 0.1) is 45.6 Å². The maximum absolute atomic E-state index is 12.5. The Kier molecular flexibility index (Phi) is 10.6. The van der Waals surface area contributed by atoms with Crippen molar-refractivity contribution in [1.29, 1.82) is 0 Å². The van der Waals surface area contributed by atoms with E-state index in [0.29, 0.717) is 45.6 Å². The highest BCUT2D eigenvalue weighted by atomic mass is 16.1. The lowest BCUT2D eigenvalue weighted by Crippen LogP contribution is -2.02. The molecule has 7 aromatic rings. The maximum Gasteiger partial charge on any atom is 0.166 e. The van der Waals surface area contributed by atoms with Crippen LogP contribution in [0.5, 0.6) is 0 Å². The molecular formula is C52H50N8O4. The van der Waals surface area contributed by atoms with Crippen molar-refractivity contribution in [2.24, 2.45) is 0 Å². The summed E-state index contributed by atoms with van der Waals surface area (Å²) in [5.74, 6) is 0.